The Bertz CT molecular complexity index is 432. The minimum Gasteiger partial charge on any atom is -0.395 e. The van der Waals surface area contributed by atoms with Crippen LogP contribution in [0.1, 0.15) is 57.9 Å². The Morgan fingerprint density at radius 1 is 0.947 bits per heavy atom. The summed E-state index contributed by atoms with van der Waals surface area (Å²) in [5, 5.41) is 9.94. The van der Waals surface area contributed by atoms with Crippen LogP contribution in [0.25, 0.3) is 0 Å². The Balaban J connectivity index is 2.07. The van der Waals surface area contributed by atoms with Crippen molar-refractivity contribution >= 4 is 0 Å². The number of hydrogen-bond donors (Lipinski definition) is 1. The summed E-state index contributed by atoms with van der Waals surface area (Å²) in [6.45, 7) is 4.70. The first-order chi connectivity index (χ1) is 9.31. The van der Waals surface area contributed by atoms with E-state index in [9.17, 15) is 5.11 Å². The molecule has 0 saturated heterocycles. The maximum Gasteiger partial charge on any atom is 0.0608 e. The van der Waals surface area contributed by atoms with Crippen LogP contribution in [0.2, 0.25) is 0 Å². The van der Waals surface area contributed by atoms with Crippen molar-refractivity contribution in [1.29, 1.82) is 0 Å². The Kier molecular flexibility index (Phi) is 4.81. The molecule has 1 atom stereocenters. The van der Waals surface area contributed by atoms with Crippen molar-refractivity contribution in [1.82, 2.24) is 0 Å². The molecule has 1 aliphatic carbocycles. The summed E-state index contributed by atoms with van der Waals surface area (Å²) in [6.07, 6.45) is 7.42. The average molecular weight is 258 g/mol. The summed E-state index contributed by atoms with van der Waals surface area (Å²) in [5.41, 5.74) is 4.18. The van der Waals surface area contributed by atoms with Crippen molar-refractivity contribution in [3.05, 3.63) is 47.0 Å². The van der Waals surface area contributed by atoms with E-state index in [4.69, 9.17) is 0 Å². The molecule has 1 unspecified atom stereocenters. The maximum atomic E-state index is 9.94. The van der Waals surface area contributed by atoms with Gasteiger partial charge in [-0.15, -0.1) is 0 Å². The number of aliphatic hydroxyl groups is 1. The second-order valence-corrected chi connectivity index (χ2v) is 5.55. The molecule has 1 nitrogen and oxygen atoms in total. The van der Waals surface area contributed by atoms with Gasteiger partial charge in [0.1, 0.15) is 0 Å². The molecule has 1 N–H and O–H groups in total. The van der Waals surface area contributed by atoms with Crippen molar-refractivity contribution in [2.75, 3.05) is 6.61 Å². The van der Waals surface area contributed by atoms with E-state index < -0.39 is 0 Å². The van der Waals surface area contributed by atoms with Crippen LogP contribution in [0.3, 0.4) is 0 Å². The number of unbranched alkanes of at least 4 members (excludes halogenated alkanes) is 3. The molecule has 1 aromatic rings. The summed E-state index contributed by atoms with van der Waals surface area (Å²) in [5.74, 6) is 0. The van der Waals surface area contributed by atoms with E-state index in [-0.39, 0.29) is 12.0 Å². The SMILES string of the molecule is CCCCCCC1=C(CC)C1(CO)c1ccccc1. The van der Waals surface area contributed by atoms with Crippen LogP contribution in [-0.2, 0) is 5.41 Å². The number of benzene rings is 1. The summed E-state index contributed by atoms with van der Waals surface area (Å²) in [7, 11) is 0. The fourth-order valence-corrected chi connectivity index (χ4v) is 3.40. The summed E-state index contributed by atoms with van der Waals surface area (Å²) in [4.78, 5) is 0. The molecule has 1 aromatic carbocycles. The highest BCUT2D eigenvalue weighted by Crippen LogP contribution is 2.57. The van der Waals surface area contributed by atoms with Gasteiger partial charge in [0.15, 0.2) is 0 Å². The van der Waals surface area contributed by atoms with Gasteiger partial charge in [-0.2, -0.15) is 0 Å². The number of hydrogen-bond acceptors (Lipinski definition) is 1. The molecule has 0 radical (unpaired) electrons. The summed E-state index contributed by atoms with van der Waals surface area (Å²) < 4.78 is 0. The highest BCUT2D eigenvalue weighted by molar-refractivity contribution is 5.62. The number of aliphatic hydroxyl groups excluding tert-OH is 1. The van der Waals surface area contributed by atoms with Gasteiger partial charge in [-0.1, -0.05) is 74.6 Å². The highest BCUT2D eigenvalue weighted by Gasteiger charge is 2.51. The third-order valence-electron chi connectivity index (χ3n) is 4.47. The molecule has 0 aromatic heterocycles. The van der Waals surface area contributed by atoms with E-state index in [0.717, 1.165) is 6.42 Å². The van der Waals surface area contributed by atoms with Gasteiger partial charge in [0.2, 0.25) is 0 Å². The van der Waals surface area contributed by atoms with Crippen LogP contribution < -0.4 is 0 Å². The van der Waals surface area contributed by atoms with Crippen LogP contribution in [-0.4, -0.2) is 11.7 Å². The maximum absolute atomic E-state index is 9.94. The molecule has 0 heterocycles. The van der Waals surface area contributed by atoms with E-state index in [2.05, 4.69) is 38.1 Å². The van der Waals surface area contributed by atoms with Gasteiger partial charge in [0.25, 0.3) is 0 Å². The fraction of sp³-hybridized carbons (Fsp3) is 0.556. The molecule has 104 valence electrons. The molecule has 0 saturated carbocycles. The van der Waals surface area contributed by atoms with E-state index in [0.29, 0.717) is 0 Å². The Morgan fingerprint density at radius 3 is 2.26 bits per heavy atom. The Morgan fingerprint density at radius 2 is 1.68 bits per heavy atom. The molecule has 0 bridgehead atoms. The zero-order valence-electron chi connectivity index (χ0n) is 12.3. The van der Waals surface area contributed by atoms with Crippen molar-refractivity contribution in [3.8, 4) is 0 Å². The zero-order chi connectivity index (χ0) is 13.7. The third-order valence-corrected chi connectivity index (χ3v) is 4.47. The van der Waals surface area contributed by atoms with Crippen LogP contribution in [0, 0.1) is 0 Å². The van der Waals surface area contributed by atoms with Crippen LogP contribution in [0.15, 0.2) is 41.5 Å². The smallest absolute Gasteiger partial charge is 0.0608 e. The first kappa shape index (κ1) is 14.3. The normalized spacial score (nSPS) is 21.8. The van der Waals surface area contributed by atoms with Crippen LogP contribution in [0.5, 0.6) is 0 Å². The fourth-order valence-electron chi connectivity index (χ4n) is 3.40. The van der Waals surface area contributed by atoms with E-state index in [1.54, 1.807) is 0 Å². The predicted molar refractivity (Wildman–Crippen MR) is 81.3 cm³/mol. The minimum atomic E-state index is -0.0950. The van der Waals surface area contributed by atoms with E-state index in [1.165, 1.54) is 48.8 Å². The number of rotatable bonds is 8. The lowest BCUT2D eigenvalue weighted by Gasteiger charge is -2.18. The van der Waals surface area contributed by atoms with E-state index >= 15 is 0 Å². The van der Waals surface area contributed by atoms with Gasteiger partial charge < -0.3 is 5.11 Å². The largest absolute Gasteiger partial charge is 0.395 e. The lowest BCUT2D eigenvalue weighted by molar-refractivity contribution is 0.258. The van der Waals surface area contributed by atoms with Gasteiger partial charge in [0.05, 0.1) is 12.0 Å². The first-order valence-electron chi connectivity index (χ1n) is 7.70. The molecule has 0 amide bonds. The molecule has 0 aliphatic heterocycles. The van der Waals surface area contributed by atoms with E-state index in [1.807, 2.05) is 6.07 Å². The summed E-state index contributed by atoms with van der Waals surface area (Å²) in [6, 6.07) is 10.5. The van der Waals surface area contributed by atoms with Gasteiger partial charge >= 0.3 is 0 Å². The van der Waals surface area contributed by atoms with Crippen molar-refractivity contribution < 1.29 is 5.11 Å². The molecular formula is C18H26O. The molecule has 19 heavy (non-hydrogen) atoms. The minimum absolute atomic E-state index is 0.0950. The van der Waals surface area contributed by atoms with Gasteiger partial charge in [0, 0.05) is 0 Å². The lowest BCUT2D eigenvalue weighted by Crippen LogP contribution is -2.19. The van der Waals surface area contributed by atoms with Gasteiger partial charge in [-0.3, -0.25) is 0 Å². The molecule has 1 aliphatic rings. The van der Waals surface area contributed by atoms with Crippen molar-refractivity contribution in [3.63, 3.8) is 0 Å². The van der Waals surface area contributed by atoms with Crippen LogP contribution >= 0.6 is 0 Å². The Labute approximate surface area is 117 Å². The quantitative estimate of drug-likeness (QED) is 0.533. The predicted octanol–water partition coefficient (Wildman–Crippen LogP) is 4.61. The molecular weight excluding hydrogens is 232 g/mol. The van der Waals surface area contributed by atoms with Crippen molar-refractivity contribution in [2.45, 2.75) is 57.8 Å². The summed E-state index contributed by atoms with van der Waals surface area (Å²) >= 11 is 0. The zero-order valence-corrected chi connectivity index (χ0v) is 12.3. The topological polar surface area (TPSA) is 20.2 Å². The monoisotopic (exact) mass is 258 g/mol. The second-order valence-electron chi connectivity index (χ2n) is 5.55. The molecule has 1 heteroatoms. The standard InChI is InChI=1S/C18H26O/c1-3-5-6-10-13-17-16(4-2)18(17,14-19)15-11-8-7-9-12-15/h7-9,11-12,19H,3-6,10,13-14H2,1-2H3. The highest BCUT2D eigenvalue weighted by atomic mass is 16.3. The second kappa shape index (κ2) is 6.38. The van der Waals surface area contributed by atoms with Gasteiger partial charge in [-0.25, -0.2) is 0 Å². The van der Waals surface area contributed by atoms with Crippen LogP contribution in [0.4, 0.5) is 0 Å². The Hall–Kier alpha value is -1.08. The third kappa shape index (κ3) is 2.62. The lowest BCUT2D eigenvalue weighted by atomic mass is 9.87. The average Bonchev–Trinajstić information content (AvgIpc) is 3.12. The first-order valence-corrected chi connectivity index (χ1v) is 7.70. The molecule has 0 fully saturated rings. The molecule has 0 spiro atoms. The molecule has 2 rings (SSSR count). The van der Waals surface area contributed by atoms with Gasteiger partial charge in [-0.05, 0) is 24.8 Å². The van der Waals surface area contributed by atoms with Crippen molar-refractivity contribution in [2.24, 2.45) is 0 Å².